The molecule has 0 spiro atoms. The molecule has 1 saturated heterocycles. The Kier molecular flexibility index (Phi) is 9.73. The van der Waals surface area contributed by atoms with Crippen LogP contribution >= 0.6 is 0 Å². The van der Waals surface area contributed by atoms with E-state index >= 15 is 0 Å². The van der Waals surface area contributed by atoms with Gasteiger partial charge in [0.05, 0.1) is 6.10 Å². The number of nitrogens with one attached hydrogen (secondary N) is 3. The maximum atomic E-state index is 11.3. The molecule has 0 radical (unpaired) electrons. The molecule has 1 aliphatic rings. The number of rotatable bonds is 4. The van der Waals surface area contributed by atoms with Crippen molar-refractivity contribution in [3.63, 3.8) is 0 Å². The Bertz CT molecular complexity index is 297. The quantitative estimate of drug-likeness (QED) is 0.536. The first kappa shape index (κ1) is 19.7. The van der Waals surface area contributed by atoms with Crippen molar-refractivity contribution in [2.45, 2.75) is 65.2 Å². The highest BCUT2D eigenvalue weighted by atomic mass is 16.6. The molecule has 0 unspecified atom stereocenters. The highest BCUT2D eigenvalue weighted by molar-refractivity contribution is 5.67. The number of ether oxygens (including phenoxy) is 2. The summed E-state index contributed by atoms with van der Waals surface area (Å²) >= 11 is 0. The summed E-state index contributed by atoms with van der Waals surface area (Å²) in [6.45, 7) is 11.6. The fourth-order valence-corrected chi connectivity index (χ4v) is 1.54. The van der Waals surface area contributed by atoms with Crippen molar-refractivity contribution in [2.24, 2.45) is 0 Å². The predicted octanol–water partition coefficient (Wildman–Crippen LogP) is 1.34. The van der Waals surface area contributed by atoms with E-state index in [0.717, 1.165) is 25.9 Å². The average molecular weight is 303 g/mol. The molecule has 7 nitrogen and oxygen atoms in total. The maximum absolute atomic E-state index is 11.3. The second-order valence-electron chi connectivity index (χ2n) is 6.08. The van der Waals surface area contributed by atoms with Crippen molar-refractivity contribution in [2.75, 3.05) is 13.1 Å². The van der Waals surface area contributed by atoms with Gasteiger partial charge >= 0.3 is 6.09 Å². The van der Waals surface area contributed by atoms with Gasteiger partial charge in [0, 0.05) is 6.04 Å². The summed E-state index contributed by atoms with van der Waals surface area (Å²) in [6, 6.07) is 0.346. The van der Waals surface area contributed by atoms with Crippen LogP contribution in [-0.2, 0) is 14.3 Å². The van der Waals surface area contributed by atoms with Gasteiger partial charge in [-0.1, -0.05) is 0 Å². The van der Waals surface area contributed by atoms with Gasteiger partial charge < -0.3 is 14.8 Å². The third kappa shape index (κ3) is 13.4. The second kappa shape index (κ2) is 10.4. The van der Waals surface area contributed by atoms with Crippen molar-refractivity contribution in [1.82, 2.24) is 16.2 Å². The van der Waals surface area contributed by atoms with E-state index in [4.69, 9.17) is 4.74 Å². The van der Waals surface area contributed by atoms with E-state index in [1.807, 2.05) is 20.8 Å². The topological polar surface area (TPSA) is 88.7 Å². The van der Waals surface area contributed by atoms with E-state index in [1.54, 1.807) is 13.8 Å². The van der Waals surface area contributed by atoms with Gasteiger partial charge in [0.15, 0.2) is 0 Å². The summed E-state index contributed by atoms with van der Waals surface area (Å²) in [5, 5.41) is 3.26. The van der Waals surface area contributed by atoms with E-state index in [2.05, 4.69) is 20.9 Å². The Balaban J connectivity index is 0.000000567. The van der Waals surface area contributed by atoms with Crippen molar-refractivity contribution < 1.29 is 19.1 Å². The number of amides is 1. The summed E-state index contributed by atoms with van der Waals surface area (Å²) < 4.78 is 9.46. The third-order valence-corrected chi connectivity index (χ3v) is 2.44. The van der Waals surface area contributed by atoms with Crippen LogP contribution in [0.2, 0.25) is 0 Å². The molecule has 7 heteroatoms. The molecule has 0 atom stereocenters. The standard InChI is InChI=1S/C10H21N3O2.C4H8O2/c1-10(2,3)15-9(14)13-12-8-4-6-11-7-5-8;1-4(2)6-3-5/h8,11-12H,4-7H2,1-3H3,(H,13,14);3-4H,1-2H3. The van der Waals surface area contributed by atoms with Crippen LogP contribution in [0.15, 0.2) is 0 Å². The molecular weight excluding hydrogens is 274 g/mol. The summed E-state index contributed by atoms with van der Waals surface area (Å²) in [5.41, 5.74) is 5.10. The molecule has 3 N–H and O–H groups in total. The zero-order chi connectivity index (χ0) is 16.3. The first-order valence-electron chi connectivity index (χ1n) is 7.29. The minimum atomic E-state index is -0.445. The Labute approximate surface area is 127 Å². The molecule has 1 rings (SSSR count). The molecule has 0 saturated carbocycles. The number of carbonyl (C=O) groups is 2. The Morgan fingerprint density at radius 1 is 1.29 bits per heavy atom. The van der Waals surface area contributed by atoms with Crippen molar-refractivity contribution in [3.8, 4) is 0 Å². The molecule has 1 amide bonds. The van der Waals surface area contributed by atoms with Crippen molar-refractivity contribution in [1.29, 1.82) is 0 Å². The number of hydrogen-bond donors (Lipinski definition) is 3. The van der Waals surface area contributed by atoms with Crippen LogP contribution in [0, 0.1) is 0 Å². The summed E-state index contributed by atoms with van der Waals surface area (Å²) in [7, 11) is 0. The van der Waals surface area contributed by atoms with Gasteiger partial charge in [-0.15, -0.1) is 0 Å². The van der Waals surface area contributed by atoms with E-state index in [-0.39, 0.29) is 6.10 Å². The molecule has 0 bridgehead atoms. The van der Waals surface area contributed by atoms with Gasteiger partial charge in [-0.2, -0.15) is 0 Å². The largest absolute Gasteiger partial charge is 0.465 e. The average Bonchev–Trinajstić information content (AvgIpc) is 2.36. The van der Waals surface area contributed by atoms with Gasteiger partial charge in [-0.25, -0.2) is 10.2 Å². The maximum Gasteiger partial charge on any atom is 0.422 e. The van der Waals surface area contributed by atoms with Crippen LogP contribution < -0.4 is 16.2 Å². The number of hydrazine groups is 1. The van der Waals surface area contributed by atoms with Crippen molar-refractivity contribution in [3.05, 3.63) is 0 Å². The molecule has 1 heterocycles. The van der Waals surface area contributed by atoms with Crippen molar-refractivity contribution >= 4 is 12.6 Å². The summed E-state index contributed by atoms with van der Waals surface area (Å²) in [5.74, 6) is 0. The lowest BCUT2D eigenvalue weighted by Gasteiger charge is -2.25. The first-order chi connectivity index (χ1) is 9.74. The first-order valence-corrected chi connectivity index (χ1v) is 7.29. The minimum Gasteiger partial charge on any atom is -0.465 e. The van der Waals surface area contributed by atoms with Crippen LogP contribution in [0.25, 0.3) is 0 Å². The monoisotopic (exact) mass is 303 g/mol. The lowest BCUT2D eigenvalue weighted by molar-refractivity contribution is -0.131. The molecule has 1 aliphatic heterocycles. The zero-order valence-electron chi connectivity index (χ0n) is 13.7. The normalized spacial score (nSPS) is 15.7. The predicted molar refractivity (Wildman–Crippen MR) is 80.7 cm³/mol. The molecule has 1 fully saturated rings. The zero-order valence-corrected chi connectivity index (χ0v) is 13.7. The fourth-order valence-electron chi connectivity index (χ4n) is 1.54. The highest BCUT2D eigenvalue weighted by Gasteiger charge is 2.17. The van der Waals surface area contributed by atoms with Gasteiger partial charge in [0.25, 0.3) is 6.47 Å². The molecule has 124 valence electrons. The Morgan fingerprint density at radius 3 is 2.24 bits per heavy atom. The Morgan fingerprint density at radius 2 is 1.86 bits per heavy atom. The third-order valence-electron chi connectivity index (χ3n) is 2.44. The second-order valence-corrected chi connectivity index (χ2v) is 6.08. The Hall–Kier alpha value is -1.34. The summed E-state index contributed by atoms with van der Waals surface area (Å²) in [6.07, 6.45) is 1.66. The lowest BCUT2D eigenvalue weighted by atomic mass is 10.1. The van der Waals surface area contributed by atoms with Gasteiger partial charge in [-0.3, -0.25) is 10.2 Å². The summed E-state index contributed by atoms with van der Waals surface area (Å²) in [4.78, 5) is 20.7. The number of carbonyl (C=O) groups excluding carboxylic acids is 2. The minimum absolute atomic E-state index is 0.0301. The van der Waals surface area contributed by atoms with Crippen LogP contribution in [0.1, 0.15) is 47.5 Å². The molecule has 21 heavy (non-hydrogen) atoms. The van der Waals surface area contributed by atoms with E-state index in [1.165, 1.54) is 0 Å². The number of hydrogen-bond acceptors (Lipinski definition) is 6. The van der Waals surface area contributed by atoms with Crippen LogP contribution in [0.5, 0.6) is 0 Å². The molecule has 0 aromatic carbocycles. The molecule has 0 aromatic rings. The highest BCUT2D eigenvalue weighted by Crippen LogP contribution is 2.06. The lowest BCUT2D eigenvalue weighted by Crippen LogP contribution is -2.49. The van der Waals surface area contributed by atoms with E-state index in [0.29, 0.717) is 12.5 Å². The molecular formula is C14H29N3O4. The SMILES string of the molecule is CC(C)(C)OC(=O)NNC1CCNCC1.CC(C)OC=O. The van der Waals surface area contributed by atoms with Crippen LogP contribution in [-0.4, -0.2) is 43.4 Å². The van der Waals surface area contributed by atoms with Gasteiger partial charge in [0.1, 0.15) is 5.60 Å². The van der Waals surface area contributed by atoms with E-state index < -0.39 is 11.7 Å². The fraction of sp³-hybridized carbons (Fsp3) is 0.857. The van der Waals surface area contributed by atoms with Crippen LogP contribution in [0.4, 0.5) is 4.79 Å². The van der Waals surface area contributed by atoms with Gasteiger partial charge in [-0.05, 0) is 60.5 Å². The van der Waals surface area contributed by atoms with E-state index in [9.17, 15) is 9.59 Å². The number of piperidine rings is 1. The van der Waals surface area contributed by atoms with Crippen LogP contribution in [0.3, 0.4) is 0 Å². The van der Waals surface area contributed by atoms with Gasteiger partial charge in [0.2, 0.25) is 0 Å². The smallest absolute Gasteiger partial charge is 0.422 e. The molecule has 0 aromatic heterocycles. The molecule has 0 aliphatic carbocycles.